The number of carbonyl (C=O) groups excluding carboxylic acids is 2. The smallest absolute Gasteiger partial charge is 0.325 e. The van der Waals surface area contributed by atoms with Crippen LogP contribution >= 0.6 is 0 Å². The van der Waals surface area contributed by atoms with Crippen molar-refractivity contribution < 1.29 is 9.59 Å². The van der Waals surface area contributed by atoms with Gasteiger partial charge in [0.15, 0.2) is 0 Å². The quantitative estimate of drug-likeness (QED) is 0.620. The minimum atomic E-state index is -0.747. The zero-order valence-electron chi connectivity index (χ0n) is 12.8. The maximum atomic E-state index is 12.2. The minimum absolute atomic E-state index is 0.135. The highest BCUT2D eigenvalue weighted by molar-refractivity contribution is 6.06. The van der Waals surface area contributed by atoms with Crippen molar-refractivity contribution in [1.82, 2.24) is 15.2 Å². The Bertz CT molecular complexity index is 546. The molecule has 1 aromatic rings. The van der Waals surface area contributed by atoms with Gasteiger partial charge in [0, 0.05) is 18.8 Å². The van der Waals surface area contributed by atoms with Gasteiger partial charge in [-0.1, -0.05) is 13.0 Å². The van der Waals surface area contributed by atoms with Crippen LogP contribution in [0.4, 0.5) is 10.6 Å². The normalized spacial score (nSPS) is 21.6. The highest BCUT2D eigenvalue weighted by Gasteiger charge is 2.45. The number of hydrogen-bond acceptors (Lipinski definition) is 4. The van der Waals surface area contributed by atoms with E-state index in [2.05, 4.69) is 15.6 Å². The van der Waals surface area contributed by atoms with E-state index in [1.165, 1.54) is 4.90 Å². The summed E-state index contributed by atoms with van der Waals surface area (Å²) in [6.45, 7) is 6.67. The molecule has 114 valence electrons. The summed E-state index contributed by atoms with van der Waals surface area (Å²) in [5, 5.41) is 5.94. The zero-order valence-corrected chi connectivity index (χ0v) is 12.8. The summed E-state index contributed by atoms with van der Waals surface area (Å²) in [5.74, 6) is 0.675. The maximum Gasteiger partial charge on any atom is 0.325 e. The van der Waals surface area contributed by atoms with Crippen LogP contribution in [0.2, 0.25) is 0 Å². The van der Waals surface area contributed by atoms with E-state index in [1.807, 2.05) is 32.0 Å². The molecule has 1 atom stereocenters. The lowest BCUT2D eigenvalue weighted by molar-refractivity contribution is -0.130. The first-order valence-corrected chi connectivity index (χ1v) is 7.28. The number of anilines is 1. The summed E-state index contributed by atoms with van der Waals surface area (Å²) in [4.78, 5) is 29.7. The van der Waals surface area contributed by atoms with Crippen molar-refractivity contribution in [3.05, 3.63) is 23.9 Å². The molecule has 2 N–H and O–H groups in total. The second-order valence-corrected chi connectivity index (χ2v) is 5.52. The standard InChI is InChI=1S/C15H22N4O2/c1-4-15(3)13(20)19(14(21)18-15)10-6-9-16-12-8-5-7-11(2)17-12/h5,7-8H,4,6,9-10H2,1-3H3,(H,16,17)(H,18,21). The van der Waals surface area contributed by atoms with Gasteiger partial charge in [0.2, 0.25) is 0 Å². The van der Waals surface area contributed by atoms with E-state index in [0.717, 1.165) is 11.5 Å². The number of nitrogens with one attached hydrogen (secondary N) is 2. The van der Waals surface area contributed by atoms with Crippen LogP contribution in [0.5, 0.6) is 0 Å². The van der Waals surface area contributed by atoms with Gasteiger partial charge < -0.3 is 10.6 Å². The van der Waals surface area contributed by atoms with Crippen LogP contribution in [0.1, 0.15) is 32.4 Å². The van der Waals surface area contributed by atoms with Crippen LogP contribution in [-0.2, 0) is 4.79 Å². The van der Waals surface area contributed by atoms with Crippen molar-refractivity contribution >= 4 is 17.8 Å². The van der Waals surface area contributed by atoms with Gasteiger partial charge in [0.1, 0.15) is 11.4 Å². The Morgan fingerprint density at radius 1 is 1.38 bits per heavy atom. The van der Waals surface area contributed by atoms with Gasteiger partial charge in [-0.3, -0.25) is 9.69 Å². The Morgan fingerprint density at radius 3 is 2.76 bits per heavy atom. The molecular weight excluding hydrogens is 268 g/mol. The summed E-state index contributed by atoms with van der Waals surface area (Å²) < 4.78 is 0. The van der Waals surface area contributed by atoms with Crippen LogP contribution < -0.4 is 10.6 Å². The number of pyridine rings is 1. The molecule has 2 heterocycles. The van der Waals surface area contributed by atoms with E-state index in [4.69, 9.17) is 0 Å². The number of nitrogens with zero attached hydrogens (tertiary/aromatic N) is 2. The van der Waals surface area contributed by atoms with Crippen LogP contribution in [-0.4, -0.2) is 40.5 Å². The van der Waals surface area contributed by atoms with Gasteiger partial charge in [0.05, 0.1) is 0 Å². The third-order valence-corrected chi connectivity index (χ3v) is 3.81. The molecule has 1 unspecified atom stereocenters. The average Bonchev–Trinajstić information content (AvgIpc) is 2.67. The van der Waals surface area contributed by atoms with Gasteiger partial charge >= 0.3 is 6.03 Å². The molecule has 2 rings (SSSR count). The molecule has 1 saturated heterocycles. The average molecular weight is 290 g/mol. The summed E-state index contributed by atoms with van der Waals surface area (Å²) in [7, 11) is 0. The summed E-state index contributed by atoms with van der Waals surface area (Å²) in [6.07, 6.45) is 1.29. The molecule has 0 spiro atoms. The van der Waals surface area contributed by atoms with Gasteiger partial charge in [-0.25, -0.2) is 9.78 Å². The summed E-state index contributed by atoms with van der Waals surface area (Å²) in [5.41, 5.74) is 0.204. The Balaban J connectivity index is 1.81. The molecule has 3 amide bonds. The Hall–Kier alpha value is -2.11. The number of urea groups is 1. The minimum Gasteiger partial charge on any atom is -0.370 e. The van der Waals surface area contributed by atoms with Crippen LogP contribution in [0, 0.1) is 6.92 Å². The van der Waals surface area contributed by atoms with Crippen molar-refractivity contribution in [3.8, 4) is 0 Å². The van der Waals surface area contributed by atoms with E-state index in [1.54, 1.807) is 6.92 Å². The lowest BCUT2D eigenvalue weighted by atomic mass is 9.99. The highest BCUT2D eigenvalue weighted by Crippen LogP contribution is 2.20. The Morgan fingerprint density at radius 2 is 2.14 bits per heavy atom. The molecule has 1 aromatic heterocycles. The fraction of sp³-hybridized carbons (Fsp3) is 0.533. The molecule has 1 fully saturated rings. The Kier molecular flexibility index (Phi) is 4.45. The van der Waals surface area contributed by atoms with Crippen molar-refractivity contribution in [1.29, 1.82) is 0 Å². The molecule has 0 aromatic carbocycles. The third kappa shape index (κ3) is 3.32. The molecule has 1 aliphatic heterocycles. The predicted molar refractivity (Wildman–Crippen MR) is 81.0 cm³/mol. The second kappa shape index (κ2) is 6.11. The number of carbonyl (C=O) groups is 2. The number of rotatable bonds is 6. The molecular formula is C15H22N4O2. The fourth-order valence-electron chi connectivity index (χ4n) is 2.28. The van der Waals surface area contributed by atoms with Crippen molar-refractivity contribution in [2.75, 3.05) is 18.4 Å². The lowest BCUT2D eigenvalue weighted by Gasteiger charge is -2.19. The number of hydrogen-bond donors (Lipinski definition) is 2. The first kappa shape index (κ1) is 15.3. The number of aromatic nitrogens is 1. The topological polar surface area (TPSA) is 74.3 Å². The Labute approximate surface area is 124 Å². The molecule has 0 bridgehead atoms. The second-order valence-electron chi connectivity index (χ2n) is 5.52. The van der Waals surface area contributed by atoms with E-state index >= 15 is 0 Å². The van der Waals surface area contributed by atoms with E-state index in [0.29, 0.717) is 25.9 Å². The zero-order chi connectivity index (χ0) is 15.5. The number of aryl methyl sites for hydroxylation is 1. The SMILES string of the molecule is CCC1(C)NC(=O)N(CCCNc2cccc(C)n2)C1=O. The monoisotopic (exact) mass is 290 g/mol. The summed E-state index contributed by atoms with van der Waals surface area (Å²) in [6, 6.07) is 5.48. The molecule has 21 heavy (non-hydrogen) atoms. The maximum absolute atomic E-state index is 12.2. The first-order chi connectivity index (χ1) is 9.96. The predicted octanol–water partition coefficient (Wildman–Crippen LogP) is 1.91. The molecule has 0 radical (unpaired) electrons. The number of imide groups is 1. The first-order valence-electron chi connectivity index (χ1n) is 7.28. The molecule has 0 saturated carbocycles. The van der Waals surface area contributed by atoms with E-state index < -0.39 is 5.54 Å². The van der Waals surface area contributed by atoms with Crippen LogP contribution in [0.25, 0.3) is 0 Å². The van der Waals surface area contributed by atoms with Crippen molar-refractivity contribution in [3.63, 3.8) is 0 Å². The van der Waals surface area contributed by atoms with Gasteiger partial charge in [-0.2, -0.15) is 0 Å². The lowest BCUT2D eigenvalue weighted by Crippen LogP contribution is -2.43. The van der Waals surface area contributed by atoms with Crippen molar-refractivity contribution in [2.45, 2.75) is 39.2 Å². The number of amides is 3. The van der Waals surface area contributed by atoms with Gasteiger partial charge in [0.25, 0.3) is 5.91 Å². The largest absolute Gasteiger partial charge is 0.370 e. The van der Waals surface area contributed by atoms with Gasteiger partial charge in [-0.15, -0.1) is 0 Å². The fourth-order valence-corrected chi connectivity index (χ4v) is 2.28. The van der Waals surface area contributed by atoms with Crippen LogP contribution in [0.15, 0.2) is 18.2 Å². The molecule has 0 aliphatic carbocycles. The van der Waals surface area contributed by atoms with E-state index in [-0.39, 0.29) is 11.9 Å². The van der Waals surface area contributed by atoms with Crippen molar-refractivity contribution in [2.24, 2.45) is 0 Å². The third-order valence-electron chi connectivity index (χ3n) is 3.81. The molecule has 1 aliphatic rings. The summed E-state index contributed by atoms with van der Waals surface area (Å²) >= 11 is 0. The van der Waals surface area contributed by atoms with E-state index in [9.17, 15) is 9.59 Å². The van der Waals surface area contributed by atoms with Gasteiger partial charge in [-0.05, 0) is 38.8 Å². The van der Waals surface area contributed by atoms with Crippen LogP contribution in [0.3, 0.4) is 0 Å². The highest BCUT2D eigenvalue weighted by atomic mass is 16.2. The molecule has 6 heteroatoms. The molecule has 6 nitrogen and oxygen atoms in total.